The molecule has 0 aromatic rings. The van der Waals surface area contributed by atoms with Crippen molar-refractivity contribution in [2.75, 3.05) is 6.79 Å². The van der Waals surface area contributed by atoms with E-state index >= 15 is 0 Å². The van der Waals surface area contributed by atoms with E-state index in [-0.39, 0.29) is 0 Å². The molecule has 15 heavy (non-hydrogen) atoms. The SMILES string of the molecule is CCCC(CC)OCOC(CC)CCC. The van der Waals surface area contributed by atoms with Gasteiger partial charge in [-0.25, -0.2) is 0 Å². The second kappa shape index (κ2) is 10.4. The maximum Gasteiger partial charge on any atom is 0.147 e. The van der Waals surface area contributed by atoms with Crippen molar-refractivity contribution in [2.24, 2.45) is 0 Å². The van der Waals surface area contributed by atoms with E-state index in [1.165, 1.54) is 12.8 Å². The molecule has 2 atom stereocenters. The molecule has 0 saturated heterocycles. The van der Waals surface area contributed by atoms with E-state index in [4.69, 9.17) is 9.47 Å². The number of hydrogen-bond donors (Lipinski definition) is 0. The van der Waals surface area contributed by atoms with Gasteiger partial charge in [-0.05, 0) is 25.7 Å². The third-order valence-corrected chi connectivity index (χ3v) is 2.74. The predicted molar refractivity (Wildman–Crippen MR) is 65.0 cm³/mol. The predicted octanol–water partition coefficient (Wildman–Crippen LogP) is 4.13. The number of ether oxygens (including phenoxy) is 2. The first-order chi connectivity index (χ1) is 7.28. The maximum absolute atomic E-state index is 5.69. The number of rotatable bonds is 10. The smallest absolute Gasteiger partial charge is 0.147 e. The minimum atomic E-state index is 0.383. The third-order valence-electron chi connectivity index (χ3n) is 2.74. The average Bonchev–Trinajstić information content (AvgIpc) is 2.26. The highest BCUT2D eigenvalue weighted by Crippen LogP contribution is 2.10. The van der Waals surface area contributed by atoms with Gasteiger partial charge in [-0.1, -0.05) is 40.5 Å². The standard InChI is InChI=1S/C13H28O2/c1-5-9-12(7-3)14-11-15-13(8-4)10-6-2/h12-13H,5-11H2,1-4H3. The first-order valence-corrected chi connectivity index (χ1v) is 6.51. The Morgan fingerprint density at radius 2 is 1.13 bits per heavy atom. The van der Waals surface area contributed by atoms with E-state index in [9.17, 15) is 0 Å². The first-order valence-electron chi connectivity index (χ1n) is 6.51. The van der Waals surface area contributed by atoms with Crippen LogP contribution in [0.15, 0.2) is 0 Å². The van der Waals surface area contributed by atoms with Crippen molar-refractivity contribution in [1.82, 2.24) is 0 Å². The van der Waals surface area contributed by atoms with Crippen molar-refractivity contribution in [1.29, 1.82) is 0 Å². The van der Waals surface area contributed by atoms with Crippen LogP contribution >= 0.6 is 0 Å². The summed E-state index contributed by atoms with van der Waals surface area (Å²) < 4.78 is 11.4. The van der Waals surface area contributed by atoms with Crippen LogP contribution in [0.25, 0.3) is 0 Å². The zero-order valence-electron chi connectivity index (χ0n) is 10.9. The average molecular weight is 216 g/mol. The molecule has 0 aromatic heterocycles. The third kappa shape index (κ3) is 7.80. The molecule has 0 amide bonds. The molecule has 92 valence electrons. The minimum Gasteiger partial charge on any atom is -0.352 e. The highest BCUT2D eigenvalue weighted by Gasteiger charge is 2.08. The lowest BCUT2D eigenvalue weighted by atomic mass is 10.1. The van der Waals surface area contributed by atoms with Crippen LogP contribution < -0.4 is 0 Å². The van der Waals surface area contributed by atoms with Crippen LogP contribution in [-0.2, 0) is 9.47 Å². The summed E-state index contributed by atoms with van der Waals surface area (Å²) in [5.41, 5.74) is 0. The molecular formula is C13H28O2. The van der Waals surface area contributed by atoms with Crippen molar-refractivity contribution < 1.29 is 9.47 Å². The Kier molecular flexibility index (Phi) is 10.4. The van der Waals surface area contributed by atoms with Gasteiger partial charge in [0, 0.05) is 0 Å². The normalized spacial score (nSPS) is 15.2. The molecule has 2 heteroatoms. The fraction of sp³-hybridized carbons (Fsp3) is 1.00. The molecule has 0 aliphatic carbocycles. The Morgan fingerprint density at radius 1 is 0.733 bits per heavy atom. The van der Waals surface area contributed by atoms with Gasteiger partial charge in [0.15, 0.2) is 0 Å². The van der Waals surface area contributed by atoms with E-state index < -0.39 is 0 Å². The van der Waals surface area contributed by atoms with Crippen LogP contribution in [0.3, 0.4) is 0 Å². The van der Waals surface area contributed by atoms with E-state index in [0.29, 0.717) is 19.0 Å². The minimum absolute atomic E-state index is 0.383. The quantitative estimate of drug-likeness (QED) is 0.511. The van der Waals surface area contributed by atoms with E-state index in [1.54, 1.807) is 0 Å². The molecule has 0 rings (SSSR count). The largest absolute Gasteiger partial charge is 0.352 e. The Bertz CT molecular complexity index is 112. The molecule has 0 aromatic carbocycles. The molecule has 0 spiro atoms. The zero-order chi connectivity index (χ0) is 11.5. The van der Waals surface area contributed by atoms with Crippen molar-refractivity contribution in [3.8, 4) is 0 Å². The summed E-state index contributed by atoms with van der Waals surface area (Å²) in [6, 6.07) is 0. The summed E-state index contributed by atoms with van der Waals surface area (Å²) in [6.07, 6.45) is 7.59. The van der Waals surface area contributed by atoms with E-state index in [0.717, 1.165) is 25.7 Å². The summed E-state index contributed by atoms with van der Waals surface area (Å²) in [4.78, 5) is 0. The van der Waals surface area contributed by atoms with Crippen LogP contribution in [-0.4, -0.2) is 19.0 Å². The molecule has 2 nitrogen and oxygen atoms in total. The highest BCUT2D eigenvalue weighted by atomic mass is 16.7. The summed E-state index contributed by atoms with van der Waals surface area (Å²) in [7, 11) is 0. The van der Waals surface area contributed by atoms with Crippen molar-refractivity contribution in [3.05, 3.63) is 0 Å². The van der Waals surface area contributed by atoms with Crippen LogP contribution in [0.2, 0.25) is 0 Å². The highest BCUT2D eigenvalue weighted by molar-refractivity contribution is 4.54. The maximum atomic E-state index is 5.69. The first kappa shape index (κ1) is 14.9. The van der Waals surface area contributed by atoms with Gasteiger partial charge < -0.3 is 9.47 Å². The molecule has 0 heterocycles. The van der Waals surface area contributed by atoms with Gasteiger partial charge in [-0.2, -0.15) is 0 Å². The summed E-state index contributed by atoms with van der Waals surface area (Å²) in [5, 5.41) is 0. The number of hydrogen-bond acceptors (Lipinski definition) is 2. The molecular weight excluding hydrogens is 188 g/mol. The van der Waals surface area contributed by atoms with Crippen LogP contribution in [0, 0.1) is 0 Å². The van der Waals surface area contributed by atoms with Crippen LogP contribution in [0.1, 0.15) is 66.2 Å². The lowest BCUT2D eigenvalue weighted by molar-refractivity contribution is -0.122. The van der Waals surface area contributed by atoms with E-state index in [2.05, 4.69) is 27.7 Å². The topological polar surface area (TPSA) is 18.5 Å². The summed E-state index contributed by atoms with van der Waals surface area (Å²) in [5.74, 6) is 0. The lowest BCUT2D eigenvalue weighted by Crippen LogP contribution is -2.19. The second-order valence-corrected chi connectivity index (χ2v) is 4.09. The van der Waals surface area contributed by atoms with Crippen molar-refractivity contribution in [3.63, 3.8) is 0 Å². The van der Waals surface area contributed by atoms with Gasteiger partial charge in [0.1, 0.15) is 6.79 Å². The molecule has 0 aliphatic heterocycles. The fourth-order valence-electron chi connectivity index (χ4n) is 1.69. The van der Waals surface area contributed by atoms with Crippen molar-refractivity contribution in [2.45, 2.75) is 78.4 Å². The van der Waals surface area contributed by atoms with Crippen LogP contribution in [0.4, 0.5) is 0 Å². The molecule has 0 N–H and O–H groups in total. The van der Waals surface area contributed by atoms with Crippen LogP contribution in [0.5, 0.6) is 0 Å². The van der Waals surface area contributed by atoms with Gasteiger partial charge in [-0.3, -0.25) is 0 Å². The lowest BCUT2D eigenvalue weighted by Gasteiger charge is -2.19. The molecule has 0 fully saturated rings. The Morgan fingerprint density at radius 3 is 1.40 bits per heavy atom. The van der Waals surface area contributed by atoms with Gasteiger partial charge in [0.25, 0.3) is 0 Å². The van der Waals surface area contributed by atoms with Gasteiger partial charge in [-0.15, -0.1) is 0 Å². The van der Waals surface area contributed by atoms with E-state index in [1.807, 2.05) is 0 Å². The molecule has 2 unspecified atom stereocenters. The Hall–Kier alpha value is -0.0800. The molecule has 0 saturated carbocycles. The fourth-order valence-corrected chi connectivity index (χ4v) is 1.69. The molecule has 0 bridgehead atoms. The zero-order valence-corrected chi connectivity index (χ0v) is 10.9. The summed E-state index contributed by atoms with van der Waals surface area (Å²) in [6.45, 7) is 9.20. The Labute approximate surface area is 95.3 Å². The second-order valence-electron chi connectivity index (χ2n) is 4.09. The molecule has 0 aliphatic rings. The van der Waals surface area contributed by atoms with Gasteiger partial charge in [0.05, 0.1) is 12.2 Å². The summed E-state index contributed by atoms with van der Waals surface area (Å²) >= 11 is 0. The van der Waals surface area contributed by atoms with Gasteiger partial charge >= 0.3 is 0 Å². The van der Waals surface area contributed by atoms with Crippen molar-refractivity contribution >= 4 is 0 Å². The van der Waals surface area contributed by atoms with Gasteiger partial charge in [0.2, 0.25) is 0 Å². The molecule has 0 radical (unpaired) electrons. The monoisotopic (exact) mass is 216 g/mol. The Balaban J connectivity index is 3.55.